The van der Waals surface area contributed by atoms with E-state index in [1.54, 1.807) is 6.07 Å². The number of ether oxygens (including phenoxy) is 1. The molecule has 0 spiro atoms. The number of carbonyl (C=O) groups is 2. The standard InChI is InChI=1S/C23H36N4O3/c1-23(2,3)24-22(29)30-20-7-5-6-19(16-20)18-8-10-27(11-9-18)21(28)17-26-14-12-25(4)13-15-26/h5-7,16,18H,8-15,17H2,1-4H3,(H,24,29). The van der Waals surface area contributed by atoms with Crippen LogP contribution >= 0.6 is 0 Å². The zero-order valence-electron chi connectivity index (χ0n) is 18.8. The van der Waals surface area contributed by atoms with Gasteiger partial charge in [-0.1, -0.05) is 12.1 Å². The molecule has 0 aromatic heterocycles. The van der Waals surface area contributed by atoms with Crippen LogP contribution in [0, 0.1) is 0 Å². The molecule has 2 heterocycles. The van der Waals surface area contributed by atoms with Gasteiger partial charge in [0, 0.05) is 44.8 Å². The summed E-state index contributed by atoms with van der Waals surface area (Å²) in [6.07, 6.45) is 1.43. The number of hydrogen-bond donors (Lipinski definition) is 1. The Kier molecular flexibility index (Phi) is 7.36. The van der Waals surface area contributed by atoms with E-state index in [4.69, 9.17) is 4.74 Å². The second kappa shape index (κ2) is 9.79. The van der Waals surface area contributed by atoms with Gasteiger partial charge >= 0.3 is 6.09 Å². The van der Waals surface area contributed by atoms with Gasteiger partial charge in [0.2, 0.25) is 5.91 Å². The highest BCUT2D eigenvalue weighted by molar-refractivity contribution is 5.78. The molecule has 2 amide bonds. The maximum absolute atomic E-state index is 12.7. The van der Waals surface area contributed by atoms with Gasteiger partial charge in [-0.25, -0.2) is 4.79 Å². The third kappa shape index (κ3) is 6.71. The summed E-state index contributed by atoms with van der Waals surface area (Å²) in [5.41, 5.74) is 0.834. The predicted molar refractivity (Wildman–Crippen MR) is 118 cm³/mol. The molecular weight excluding hydrogens is 380 g/mol. The fraction of sp³-hybridized carbons (Fsp3) is 0.652. The van der Waals surface area contributed by atoms with E-state index in [0.717, 1.165) is 52.1 Å². The minimum absolute atomic E-state index is 0.244. The van der Waals surface area contributed by atoms with Crippen molar-refractivity contribution in [3.63, 3.8) is 0 Å². The van der Waals surface area contributed by atoms with Crippen molar-refractivity contribution in [2.24, 2.45) is 0 Å². The number of benzene rings is 1. The van der Waals surface area contributed by atoms with Crippen LogP contribution in [0.15, 0.2) is 24.3 Å². The molecule has 1 aromatic rings. The number of nitrogens with zero attached hydrogens (tertiary/aromatic N) is 3. The molecule has 0 atom stereocenters. The first kappa shape index (κ1) is 22.6. The average molecular weight is 417 g/mol. The molecular formula is C23H36N4O3. The number of piperazine rings is 1. The quantitative estimate of drug-likeness (QED) is 0.817. The van der Waals surface area contributed by atoms with Crippen LogP contribution in [0.1, 0.15) is 45.1 Å². The summed E-state index contributed by atoms with van der Waals surface area (Å²) >= 11 is 0. The summed E-state index contributed by atoms with van der Waals surface area (Å²) in [6, 6.07) is 7.77. The van der Waals surface area contributed by atoms with Gasteiger partial charge in [0.25, 0.3) is 0 Å². The molecule has 2 aliphatic heterocycles. The van der Waals surface area contributed by atoms with Crippen LogP contribution in [0.5, 0.6) is 5.75 Å². The molecule has 1 aromatic carbocycles. The molecule has 2 saturated heterocycles. The molecule has 166 valence electrons. The molecule has 7 nitrogen and oxygen atoms in total. The zero-order valence-corrected chi connectivity index (χ0v) is 18.8. The Morgan fingerprint density at radius 1 is 1.07 bits per heavy atom. The van der Waals surface area contributed by atoms with Crippen LogP contribution in [-0.4, -0.2) is 85.1 Å². The third-order valence-corrected chi connectivity index (χ3v) is 5.82. The first-order valence-corrected chi connectivity index (χ1v) is 11.0. The highest BCUT2D eigenvalue weighted by atomic mass is 16.6. The Morgan fingerprint density at radius 3 is 2.37 bits per heavy atom. The lowest BCUT2D eigenvalue weighted by Gasteiger charge is -2.36. The number of amides is 2. The number of likely N-dealkylation sites (N-methyl/N-ethyl adjacent to an activating group) is 1. The van der Waals surface area contributed by atoms with Crippen molar-refractivity contribution < 1.29 is 14.3 Å². The number of rotatable bonds is 4. The first-order valence-electron chi connectivity index (χ1n) is 11.0. The Hall–Kier alpha value is -2.12. The van der Waals surface area contributed by atoms with Gasteiger partial charge in [0.1, 0.15) is 5.75 Å². The van der Waals surface area contributed by atoms with Crippen molar-refractivity contribution in [3.8, 4) is 5.75 Å². The number of hydrogen-bond acceptors (Lipinski definition) is 5. The minimum atomic E-state index is -0.441. The molecule has 30 heavy (non-hydrogen) atoms. The molecule has 2 aliphatic rings. The van der Waals surface area contributed by atoms with E-state index >= 15 is 0 Å². The maximum Gasteiger partial charge on any atom is 0.413 e. The number of piperidine rings is 1. The molecule has 0 saturated carbocycles. The SMILES string of the molecule is CN1CCN(CC(=O)N2CCC(c3cccc(OC(=O)NC(C)(C)C)c3)CC2)CC1. The van der Waals surface area contributed by atoms with Gasteiger partial charge < -0.3 is 19.9 Å². The van der Waals surface area contributed by atoms with E-state index in [0.29, 0.717) is 18.2 Å². The first-order chi connectivity index (χ1) is 14.2. The summed E-state index contributed by atoms with van der Waals surface area (Å²) in [7, 11) is 2.13. The monoisotopic (exact) mass is 416 g/mol. The summed E-state index contributed by atoms with van der Waals surface area (Å²) < 4.78 is 5.45. The van der Waals surface area contributed by atoms with Crippen LogP contribution in [-0.2, 0) is 4.79 Å². The largest absolute Gasteiger partial charge is 0.413 e. The Labute approximate surface area is 180 Å². The normalized spacial score (nSPS) is 19.5. The van der Waals surface area contributed by atoms with Crippen molar-refractivity contribution in [2.75, 3.05) is 52.9 Å². The Balaban J connectivity index is 1.49. The molecule has 1 N–H and O–H groups in total. The van der Waals surface area contributed by atoms with Crippen LogP contribution in [0.2, 0.25) is 0 Å². The molecule has 0 unspecified atom stereocenters. The van der Waals surface area contributed by atoms with E-state index < -0.39 is 6.09 Å². The minimum Gasteiger partial charge on any atom is -0.410 e. The topological polar surface area (TPSA) is 65.1 Å². The highest BCUT2D eigenvalue weighted by Gasteiger charge is 2.26. The fourth-order valence-electron chi connectivity index (χ4n) is 4.03. The summed E-state index contributed by atoms with van der Waals surface area (Å²) in [5, 5.41) is 2.81. The van der Waals surface area contributed by atoms with E-state index in [1.807, 2.05) is 37.8 Å². The maximum atomic E-state index is 12.7. The van der Waals surface area contributed by atoms with Gasteiger partial charge in [-0.05, 0) is 64.3 Å². The van der Waals surface area contributed by atoms with Crippen molar-refractivity contribution >= 4 is 12.0 Å². The van der Waals surface area contributed by atoms with Crippen molar-refractivity contribution in [2.45, 2.75) is 45.1 Å². The predicted octanol–water partition coefficient (Wildman–Crippen LogP) is 2.53. The van der Waals surface area contributed by atoms with Gasteiger partial charge in [-0.2, -0.15) is 0 Å². The van der Waals surface area contributed by atoms with Crippen LogP contribution in [0.25, 0.3) is 0 Å². The Morgan fingerprint density at radius 2 is 1.73 bits per heavy atom. The number of nitrogens with one attached hydrogen (secondary N) is 1. The van der Waals surface area contributed by atoms with E-state index in [-0.39, 0.29) is 11.4 Å². The second-order valence-corrected chi connectivity index (χ2v) is 9.57. The molecule has 7 heteroatoms. The third-order valence-electron chi connectivity index (χ3n) is 5.82. The van der Waals surface area contributed by atoms with Crippen molar-refractivity contribution in [3.05, 3.63) is 29.8 Å². The van der Waals surface area contributed by atoms with Crippen LogP contribution in [0.4, 0.5) is 4.79 Å². The lowest BCUT2D eigenvalue weighted by Crippen LogP contribution is -2.50. The van der Waals surface area contributed by atoms with E-state index in [9.17, 15) is 9.59 Å². The van der Waals surface area contributed by atoms with Gasteiger partial charge in [0.05, 0.1) is 6.54 Å². The van der Waals surface area contributed by atoms with Crippen molar-refractivity contribution in [1.82, 2.24) is 20.0 Å². The molecule has 0 bridgehead atoms. The lowest BCUT2D eigenvalue weighted by atomic mass is 9.89. The Bertz CT molecular complexity index is 730. The van der Waals surface area contributed by atoms with Gasteiger partial charge in [0.15, 0.2) is 0 Å². The van der Waals surface area contributed by atoms with E-state index in [1.165, 1.54) is 5.56 Å². The summed E-state index contributed by atoms with van der Waals surface area (Å²) in [5.74, 6) is 1.18. The molecule has 0 aliphatic carbocycles. The fourth-order valence-corrected chi connectivity index (χ4v) is 4.03. The number of carbonyl (C=O) groups excluding carboxylic acids is 2. The molecule has 2 fully saturated rings. The molecule has 0 radical (unpaired) electrons. The summed E-state index contributed by atoms with van der Waals surface area (Å²) in [6.45, 7) is 11.9. The van der Waals surface area contributed by atoms with Gasteiger partial charge in [-0.15, -0.1) is 0 Å². The average Bonchev–Trinajstić information content (AvgIpc) is 2.68. The van der Waals surface area contributed by atoms with Crippen LogP contribution in [0.3, 0.4) is 0 Å². The lowest BCUT2D eigenvalue weighted by molar-refractivity contribution is -0.133. The summed E-state index contributed by atoms with van der Waals surface area (Å²) in [4.78, 5) is 31.3. The highest BCUT2D eigenvalue weighted by Crippen LogP contribution is 2.30. The number of likely N-dealkylation sites (tertiary alicyclic amines) is 1. The second-order valence-electron chi connectivity index (χ2n) is 9.57. The molecule has 3 rings (SSSR count). The zero-order chi connectivity index (χ0) is 21.7. The van der Waals surface area contributed by atoms with Gasteiger partial charge in [-0.3, -0.25) is 9.69 Å². The smallest absolute Gasteiger partial charge is 0.410 e. The van der Waals surface area contributed by atoms with Crippen LogP contribution < -0.4 is 10.1 Å². The van der Waals surface area contributed by atoms with E-state index in [2.05, 4.69) is 28.2 Å². The van der Waals surface area contributed by atoms with Crippen molar-refractivity contribution in [1.29, 1.82) is 0 Å².